The Morgan fingerprint density at radius 3 is 2.75 bits per heavy atom. The van der Waals surface area contributed by atoms with Crippen molar-refractivity contribution in [3.8, 4) is 0 Å². The Kier molecular flexibility index (Phi) is 4.76. The highest BCUT2D eigenvalue weighted by Gasteiger charge is 2.27. The van der Waals surface area contributed by atoms with Crippen LogP contribution < -0.4 is 10.6 Å². The Hall–Kier alpha value is -1.85. The zero-order valence-electron chi connectivity index (χ0n) is 12.3. The first-order chi connectivity index (χ1) is 9.63. The summed E-state index contributed by atoms with van der Waals surface area (Å²) in [6, 6.07) is 1.40. The number of ether oxygens (including phenoxy) is 1. The van der Waals surface area contributed by atoms with E-state index in [1.54, 1.807) is 6.92 Å². The maximum Gasteiger partial charge on any atom is 0.328 e. The zero-order valence-corrected chi connectivity index (χ0v) is 12.3. The number of rotatable bonds is 7. The lowest BCUT2D eigenvalue weighted by atomic mass is 10.3. The Morgan fingerprint density at radius 2 is 2.15 bits per heavy atom. The molecule has 2 N–H and O–H groups in total. The normalized spacial score (nSPS) is 15.6. The average molecular weight is 278 g/mol. The number of hydrogen-bond donors (Lipinski definition) is 2. The number of nitrogens with one attached hydrogen (secondary N) is 2. The predicted octanol–water partition coefficient (Wildman–Crippen LogP) is 2.15. The topological polar surface area (TPSA) is 76.1 Å². The van der Waals surface area contributed by atoms with Crippen molar-refractivity contribution in [3.63, 3.8) is 0 Å². The van der Waals surface area contributed by atoms with E-state index in [0.29, 0.717) is 11.7 Å². The van der Waals surface area contributed by atoms with Gasteiger partial charge in [-0.15, -0.1) is 0 Å². The third kappa shape index (κ3) is 3.82. The number of carbonyl (C=O) groups is 1. The van der Waals surface area contributed by atoms with Crippen molar-refractivity contribution in [1.29, 1.82) is 0 Å². The van der Waals surface area contributed by atoms with Crippen LogP contribution in [-0.2, 0) is 9.53 Å². The van der Waals surface area contributed by atoms with Crippen LogP contribution in [0.2, 0.25) is 0 Å². The molecule has 1 aromatic heterocycles. The van der Waals surface area contributed by atoms with E-state index in [-0.39, 0.29) is 5.97 Å². The molecule has 0 amide bonds. The number of carbonyl (C=O) groups excluding carboxylic acids is 1. The summed E-state index contributed by atoms with van der Waals surface area (Å²) >= 11 is 0. The predicted molar refractivity (Wildman–Crippen MR) is 77.9 cm³/mol. The smallest absolute Gasteiger partial charge is 0.328 e. The molecule has 1 fully saturated rings. The lowest BCUT2D eigenvalue weighted by molar-refractivity contribution is -0.141. The quantitative estimate of drug-likeness (QED) is 0.744. The molecular weight excluding hydrogens is 256 g/mol. The first-order valence-electron chi connectivity index (χ1n) is 7.11. The Labute approximate surface area is 119 Å². The molecule has 0 spiro atoms. The molecule has 110 valence electrons. The fraction of sp³-hybridized carbons (Fsp3) is 0.643. The van der Waals surface area contributed by atoms with Crippen molar-refractivity contribution in [2.45, 2.75) is 45.1 Å². The van der Waals surface area contributed by atoms with Crippen LogP contribution in [0.25, 0.3) is 0 Å². The van der Waals surface area contributed by atoms with Crippen LogP contribution in [0, 0.1) is 0 Å². The molecular formula is C14H22N4O2. The van der Waals surface area contributed by atoms with Crippen LogP contribution >= 0.6 is 0 Å². The number of anilines is 2. The monoisotopic (exact) mass is 278 g/mol. The van der Waals surface area contributed by atoms with E-state index >= 15 is 0 Å². The maximum absolute atomic E-state index is 11.5. The molecule has 1 aliphatic rings. The first kappa shape index (κ1) is 14.6. The molecule has 6 heteroatoms. The van der Waals surface area contributed by atoms with Gasteiger partial charge in [0.15, 0.2) is 0 Å². The van der Waals surface area contributed by atoms with Crippen LogP contribution in [-0.4, -0.2) is 35.6 Å². The molecule has 1 aliphatic carbocycles. The van der Waals surface area contributed by atoms with Crippen LogP contribution in [0.5, 0.6) is 0 Å². The minimum atomic E-state index is -0.430. The molecule has 0 aliphatic heterocycles. The highest BCUT2D eigenvalue weighted by Crippen LogP contribution is 2.38. The van der Waals surface area contributed by atoms with Gasteiger partial charge in [0.1, 0.15) is 23.5 Å². The van der Waals surface area contributed by atoms with Gasteiger partial charge in [0.25, 0.3) is 0 Å². The molecule has 0 aromatic carbocycles. The fourth-order valence-electron chi connectivity index (χ4n) is 1.87. The van der Waals surface area contributed by atoms with Crippen molar-refractivity contribution >= 4 is 17.6 Å². The summed E-state index contributed by atoms with van der Waals surface area (Å²) in [5.74, 6) is 2.49. The van der Waals surface area contributed by atoms with Crippen molar-refractivity contribution in [2.75, 3.05) is 24.3 Å². The Bertz CT molecular complexity index is 474. The van der Waals surface area contributed by atoms with Crippen LogP contribution in [0.1, 0.15) is 44.9 Å². The minimum Gasteiger partial charge on any atom is -0.467 e. The van der Waals surface area contributed by atoms with Gasteiger partial charge >= 0.3 is 5.97 Å². The molecule has 1 heterocycles. The molecule has 0 saturated heterocycles. The third-order valence-corrected chi connectivity index (χ3v) is 3.16. The van der Waals surface area contributed by atoms with Gasteiger partial charge in [0.2, 0.25) is 0 Å². The molecule has 1 aromatic rings. The summed E-state index contributed by atoms with van der Waals surface area (Å²) in [6.07, 6.45) is 3.32. The third-order valence-electron chi connectivity index (χ3n) is 3.16. The summed E-state index contributed by atoms with van der Waals surface area (Å²) in [6.45, 7) is 4.73. The molecule has 6 nitrogen and oxygen atoms in total. The lowest BCUT2D eigenvalue weighted by Gasteiger charge is -2.14. The number of aromatic nitrogens is 2. The van der Waals surface area contributed by atoms with Gasteiger partial charge < -0.3 is 15.4 Å². The molecule has 0 radical (unpaired) electrons. The van der Waals surface area contributed by atoms with E-state index in [2.05, 4.69) is 27.5 Å². The van der Waals surface area contributed by atoms with E-state index in [4.69, 9.17) is 4.74 Å². The van der Waals surface area contributed by atoms with Gasteiger partial charge in [-0.05, 0) is 26.2 Å². The number of methoxy groups -OCH3 is 1. The summed E-state index contributed by atoms with van der Waals surface area (Å²) < 4.78 is 4.71. The average Bonchev–Trinajstić information content (AvgIpc) is 3.28. The Balaban J connectivity index is 2.13. The van der Waals surface area contributed by atoms with E-state index < -0.39 is 6.04 Å². The largest absolute Gasteiger partial charge is 0.467 e. The maximum atomic E-state index is 11.5. The van der Waals surface area contributed by atoms with E-state index in [9.17, 15) is 4.79 Å². The van der Waals surface area contributed by atoms with Crippen LogP contribution in [0.15, 0.2) is 6.07 Å². The van der Waals surface area contributed by atoms with Crippen LogP contribution in [0.3, 0.4) is 0 Å². The second-order valence-electron chi connectivity index (χ2n) is 5.09. The van der Waals surface area contributed by atoms with Crippen LogP contribution in [0.4, 0.5) is 11.6 Å². The van der Waals surface area contributed by atoms with E-state index in [0.717, 1.165) is 37.4 Å². The van der Waals surface area contributed by atoms with Gasteiger partial charge in [-0.1, -0.05) is 6.92 Å². The van der Waals surface area contributed by atoms with Crippen molar-refractivity contribution < 1.29 is 9.53 Å². The number of esters is 1. The molecule has 2 rings (SSSR count). The van der Waals surface area contributed by atoms with Gasteiger partial charge in [-0.25, -0.2) is 14.8 Å². The second kappa shape index (κ2) is 6.54. The fourth-order valence-corrected chi connectivity index (χ4v) is 1.87. The van der Waals surface area contributed by atoms with Gasteiger partial charge in [-0.2, -0.15) is 0 Å². The lowest BCUT2D eigenvalue weighted by Crippen LogP contribution is -2.27. The molecule has 20 heavy (non-hydrogen) atoms. The SMILES string of the molecule is CCCNc1cc(NC(C)C(=O)OC)nc(C2CC2)n1. The van der Waals surface area contributed by atoms with E-state index in [1.807, 2.05) is 6.07 Å². The second-order valence-corrected chi connectivity index (χ2v) is 5.09. The summed E-state index contributed by atoms with van der Waals surface area (Å²) in [5.41, 5.74) is 0. The summed E-state index contributed by atoms with van der Waals surface area (Å²) in [4.78, 5) is 20.5. The van der Waals surface area contributed by atoms with Crippen molar-refractivity contribution in [2.24, 2.45) is 0 Å². The van der Waals surface area contributed by atoms with Crippen molar-refractivity contribution in [1.82, 2.24) is 9.97 Å². The molecule has 1 atom stereocenters. The highest BCUT2D eigenvalue weighted by molar-refractivity contribution is 5.78. The molecule has 0 bridgehead atoms. The standard InChI is InChI=1S/C14H22N4O2/c1-4-7-15-11-8-12(16-9(2)14(19)20-3)18-13(17-11)10-5-6-10/h8-10H,4-7H2,1-3H3,(H2,15,16,17,18). The highest BCUT2D eigenvalue weighted by atomic mass is 16.5. The zero-order chi connectivity index (χ0) is 14.5. The Morgan fingerprint density at radius 1 is 1.45 bits per heavy atom. The number of hydrogen-bond acceptors (Lipinski definition) is 6. The minimum absolute atomic E-state index is 0.306. The summed E-state index contributed by atoms with van der Waals surface area (Å²) in [5, 5.41) is 6.33. The molecule has 1 unspecified atom stereocenters. The van der Waals surface area contributed by atoms with Gasteiger partial charge in [-0.3, -0.25) is 0 Å². The van der Waals surface area contributed by atoms with Gasteiger partial charge in [0.05, 0.1) is 7.11 Å². The number of nitrogens with zero attached hydrogens (tertiary/aromatic N) is 2. The molecule has 1 saturated carbocycles. The van der Waals surface area contributed by atoms with E-state index in [1.165, 1.54) is 7.11 Å². The van der Waals surface area contributed by atoms with Crippen molar-refractivity contribution in [3.05, 3.63) is 11.9 Å². The summed E-state index contributed by atoms with van der Waals surface area (Å²) in [7, 11) is 1.38. The first-order valence-corrected chi connectivity index (χ1v) is 7.11. The van der Waals surface area contributed by atoms with Gasteiger partial charge in [0, 0.05) is 18.5 Å².